The van der Waals surface area contributed by atoms with E-state index in [4.69, 9.17) is 14.6 Å². The van der Waals surface area contributed by atoms with Crippen LogP contribution in [0.25, 0.3) is 0 Å². The van der Waals surface area contributed by atoms with Crippen molar-refractivity contribution in [1.29, 1.82) is 0 Å². The highest BCUT2D eigenvalue weighted by molar-refractivity contribution is 5.68. The Kier molecular flexibility index (Phi) is 6.50. The largest absolute Gasteiger partial charge is 0.481 e. The molecule has 0 aromatic carbocycles. The maximum atomic E-state index is 10.5. The van der Waals surface area contributed by atoms with Gasteiger partial charge < -0.3 is 14.6 Å². The summed E-state index contributed by atoms with van der Waals surface area (Å²) in [5, 5.41) is 8.61. The molecule has 2 bridgehead atoms. The van der Waals surface area contributed by atoms with Crippen molar-refractivity contribution >= 4 is 5.97 Å². The van der Waals surface area contributed by atoms with Crippen LogP contribution >= 0.6 is 0 Å². The van der Waals surface area contributed by atoms with Crippen LogP contribution in [0.4, 0.5) is 0 Å². The van der Waals surface area contributed by atoms with Crippen LogP contribution in [0.5, 0.6) is 0 Å². The fourth-order valence-corrected chi connectivity index (χ4v) is 4.58. The summed E-state index contributed by atoms with van der Waals surface area (Å²) in [7, 11) is 0. The van der Waals surface area contributed by atoms with E-state index in [2.05, 4.69) is 6.08 Å². The van der Waals surface area contributed by atoms with E-state index in [-0.39, 0.29) is 6.42 Å². The molecule has 4 nitrogen and oxygen atoms in total. The van der Waals surface area contributed by atoms with Crippen LogP contribution in [0, 0.1) is 11.8 Å². The van der Waals surface area contributed by atoms with Gasteiger partial charge in [0, 0.05) is 6.61 Å². The van der Waals surface area contributed by atoms with Crippen LogP contribution in [-0.4, -0.2) is 36.0 Å². The normalized spacial score (nSPS) is 33.3. The van der Waals surface area contributed by atoms with Gasteiger partial charge in [0.25, 0.3) is 0 Å². The number of allylic oxidation sites excluding steroid dienone is 3. The van der Waals surface area contributed by atoms with Gasteiger partial charge >= 0.3 is 5.97 Å². The molecule has 3 rings (SSSR count). The van der Waals surface area contributed by atoms with Crippen molar-refractivity contribution in [3.05, 3.63) is 24.3 Å². The minimum absolute atomic E-state index is 0.0860. The highest BCUT2D eigenvalue weighted by atomic mass is 16.5. The summed E-state index contributed by atoms with van der Waals surface area (Å²) in [6.45, 7) is 0.876. The second-order valence-electron chi connectivity index (χ2n) is 7.37. The molecule has 1 aliphatic carbocycles. The lowest BCUT2D eigenvalue weighted by molar-refractivity contribution is -0.136. The molecular weight excluding hydrogens is 304 g/mol. The topological polar surface area (TPSA) is 55.8 Å². The van der Waals surface area contributed by atoms with Crippen LogP contribution < -0.4 is 0 Å². The molecule has 0 aromatic rings. The number of carbonyl (C=O) groups is 1. The molecule has 4 atom stereocenters. The maximum absolute atomic E-state index is 10.5. The standard InChI is InChI=1S/C20H30O4/c21-20(22)10-4-2-1-3-9-16-17(19-12-11-18(16)24-19)13-14-23-15-7-5-6-8-15/h1-4,15-19H,5-14H2,(H,21,22)/t16-,17+,18-,19+/m0/s1. The molecule has 0 unspecified atom stereocenters. The predicted octanol–water partition coefficient (Wildman–Crippen LogP) is 4.11. The molecule has 3 aliphatic rings. The summed E-state index contributed by atoms with van der Waals surface area (Å²) in [5.41, 5.74) is 0. The molecule has 2 saturated heterocycles. The summed E-state index contributed by atoms with van der Waals surface area (Å²) in [6, 6.07) is 0. The maximum Gasteiger partial charge on any atom is 0.307 e. The van der Waals surface area contributed by atoms with E-state index in [0.29, 0.717) is 30.1 Å². The third-order valence-electron chi connectivity index (χ3n) is 5.78. The Morgan fingerprint density at radius 2 is 1.75 bits per heavy atom. The fraction of sp³-hybridized carbons (Fsp3) is 0.750. The first kappa shape index (κ1) is 17.7. The third kappa shape index (κ3) is 4.70. The van der Waals surface area contributed by atoms with E-state index in [9.17, 15) is 4.79 Å². The Bertz CT molecular complexity index is 464. The van der Waals surface area contributed by atoms with Crippen LogP contribution in [0.1, 0.15) is 57.8 Å². The van der Waals surface area contributed by atoms with Gasteiger partial charge in [0.1, 0.15) is 0 Å². The molecule has 134 valence electrons. The number of hydrogen-bond donors (Lipinski definition) is 1. The van der Waals surface area contributed by atoms with Gasteiger partial charge in [-0.05, 0) is 50.4 Å². The average molecular weight is 334 g/mol. The number of aliphatic carboxylic acids is 1. The van der Waals surface area contributed by atoms with Gasteiger partial charge in [0.2, 0.25) is 0 Å². The smallest absolute Gasteiger partial charge is 0.307 e. The quantitative estimate of drug-likeness (QED) is 0.645. The van der Waals surface area contributed by atoms with Crippen molar-refractivity contribution in [2.24, 2.45) is 11.8 Å². The van der Waals surface area contributed by atoms with Crippen LogP contribution in [0.2, 0.25) is 0 Å². The van der Waals surface area contributed by atoms with E-state index in [0.717, 1.165) is 19.4 Å². The SMILES string of the molecule is O=C(O)CC=CC=CC[C@H]1[C@@H](CCOC2CCCC2)[C@H]2CC[C@@H]1O2. The third-order valence-corrected chi connectivity index (χ3v) is 5.78. The Hall–Kier alpha value is -1.13. The van der Waals surface area contributed by atoms with E-state index < -0.39 is 5.97 Å². The number of fused-ring (bicyclic) bond motifs is 2. The zero-order valence-corrected chi connectivity index (χ0v) is 14.4. The van der Waals surface area contributed by atoms with E-state index in [1.54, 1.807) is 6.08 Å². The van der Waals surface area contributed by atoms with Crippen molar-refractivity contribution in [3.8, 4) is 0 Å². The lowest BCUT2D eigenvalue weighted by Crippen LogP contribution is -2.28. The number of ether oxygens (including phenoxy) is 2. The van der Waals surface area contributed by atoms with Crippen molar-refractivity contribution in [1.82, 2.24) is 0 Å². The van der Waals surface area contributed by atoms with Gasteiger partial charge in [-0.1, -0.05) is 37.1 Å². The second-order valence-corrected chi connectivity index (χ2v) is 7.37. The molecule has 0 radical (unpaired) electrons. The molecule has 2 heterocycles. The van der Waals surface area contributed by atoms with E-state index >= 15 is 0 Å². The molecular formula is C20H30O4. The summed E-state index contributed by atoms with van der Waals surface area (Å²) >= 11 is 0. The minimum atomic E-state index is -0.788. The van der Waals surface area contributed by atoms with Crippen LogP contribution in [0.15, 0.2) is 24.3 Å². The fourth-order valence-electron chi connectivity index (χ4n) is 4.58. The first-order valence-electron chi connectivity index (χ1n) is 9.54. The van der Waals surface area contributed by atoms with Gasteiger partial charge in [-0.25, -0.2) is 0 Å². The van der Waals surface area contributed by atoms with Crippen molar-refractivity contribution < 1.29 is 19.4 Å². The van der Waals surface area contributed by atoms with E-state index in [1.807, 2.05) is 12.2 Å². The average Bonchev–Trinajstić information content (AvgIpc) is 3.28. The van der Waals surface area contributed by atoms with Gasteiger partial charge in [-0.3, -0.25) is 4.79 Å². The molecule has 1 saturated carbocycles. The lowest BCUT2D eigenvalue weighted by Gasteiger charge is -2.27. The summed E-state index contributed by atoms with van der Waals surface area (Å²) in [4.78, 5) is 10.5. The lowest BCUT2D eigenvalue weighted by atomic mass is 9.76. The second kappa shape index (κ2) is 8.82. The molecule has 2 aliphatic heterocycles. The first-order valence-corrected chi connectivity index (χ1v) is 9.54. The summed E-state index contributed by atoms with van der Waals surface area (Å²) < 4.78 is 12.2. The molecule has 3 fully saturated rings. The molecule has 0 amide bonds. The van der Waals surface area contributed by atoms with Gasteiger partial charge in [0.15, 0.2) is 0 Å². The number of carboxylic acid groups (broad SMARTS) is 1. The predicted molar refractivity (Wildman–Crippen MR) is 92.8 cm³/mol. The van der Waals surface area contributed by atoms with Crippen molar-refractivity contribution in [2.75, 3.05) is 6.61 Å². The van der Waals surface area contributed by atoms with Crippen LogP contribution in [0.3, 0.4) is 0 Å². The minimum Gasteiger partial charge on any atom is -0.481 e. The monoisotopic (exact) mass is 334 g/mol. The number of carboxylic acids is 1. The van der Waals surface area contributed by atoms with E-state index in [1.165, 1.54) is 38.5 Å². The van der Waals surface area contributed by atoms with Gasteiger partial charge in [-0.15, -0.1) is 0 Å². The van der Waals surface area contributed by atoms with Gasteiger partial charge in [-0.2, -0.15) is 0 Å². The Labute approximate surface area is 144 Å². The Morgan fingerprint density at radius 3 is 2.50 bits per heavy atom. The Morgan fingerprint density at radius 1 is 1.04 bits per heavy atom. The Balaban J connectivity index is 1.42. The highest BCUT2D eigenvalue weighted by Gasteiger charge is 2.47. The van der Waals surface area contributed by atoms with Crippen molar-refractivity contribution in [3.63, 3.8) is 0 Å². The molecule has 0 spiro atoms. The molecule has 0 aromatic heterocycles. The molecule has 4 heteroatoms. The summed E-state index contributed by atoms with van der Waals surface area (Å²) in [5.74, 6) is 0.432. The zero-order valence-electron chi connectivity index (χ0n) is 14.4. The highest BCUT2D eigenvalue weighted by Crippen LogP contribution is 2.46. The number of rotatable bonds is 9. The molecule has 24 heavy (non-hydrogen) atoms. The molecule has 1 N–H and O–H groups in total. The van der Waals surface area contributed by atoms with Crippen LogP contribution in [-0.2, 0) is 14.3 Å². The van der Waals surface area contributed by atoms with Crippen molar-refractivity contribution in [2.45, 2.75) is 76.1 Å². The number of hydrogen-bond acceptors (Lipinski definition) is 3. The van der Waals surface area contributed by atoms with Gasteiger partial charge in [0.05, 0.1) is 24.7 Å². The first-order chi connectivity index (χ1) is 11.7. The summed E-state index contributed by atoms with van der Waals surface area (Å²) in [6.07, 6.45) is 18.8. The zero-order chi connectivity index (χ0) is 16.8.